The topological polar surface area (TPSA) is 134 Å². The quantitative estimate of drug-likeness (QED) is 0.474. The molecule has 10 nitrogen and oxygen atoms in total. The second-order valence-electron chi connectivity index (χ2n) is 7.64. The first-order valence-electron chi connectivity index (χ1n) is 10.1. The van der Waals surface area contributed by atoms with E-state index in [0.717, 1.165) is 16.8 Å². The van der Waals surface area contributed by atoms with Gasteiger partial charge in [-0.2, -0.15) is 10.4 Å². The molecule has 0 unspecified atom stereocenters. The summed E-state index contributed by atoms with van der Waals surface area (Å²) in [7, 11) is 4.58. The number of carbonyl (C=O) groups is 1. The average molecular weight is 445 g/mol. The summed E-state index contributed by atoms with van der Waals surface area (Å²) in [4.78, 5) is 22.2. The maximum Gasteiger partial charge on any atom is 0.342 e. The predicted octanol–water partition coefficient (Wildman–Crippen LogP) is 3.00. The Morgan fingerprint density at radius 2 is 1.91 bits per heavy atom. The van der Waals surface area contributed by atoms with Crippen molar-refractivity contribution in [2.45, 2.75) is 20.8 Å². The van der Waals surface area contributed by atoms with Gasteiger partial charge >= 0.3 is 5.97 Å². The van der Waals surface area contributed by atoms with Gasteiger partial charge in [0.15, 0.2) is 11.3 Å². The minimum absolute atomic E-state index is 0.122. The van der Waals surface area contributed by atoms with Gasteiger partial charge in [-0.3, -0.25) is 9.25 Å². The van der Waals surface area contributed by atoms with Gasteiger partial charge in [-0.15, -0.1) is 0 Å². The Bertz CT molecular complexity index is 1470. The third-order valence-electron chi connectivity index (χ3n) is 5.57. The fourth-order valence-corrected chi connectivity index (χ4v) is 4.16. The lowest BCUT2D eigenvalue weighted by molar-refractivity contribution is 0.0604. The van der Waals surface area contributed by atoms with Gasteiger partial charge in [-0.25, -0.2) is 14.8 Å². The first kappa shape index (κ1) is 21.8. The van der Waals surface area contributed by atoms with Crippen LogP contribution in [0.3, 0.4) is 0 Å². The summed E-state index contributed by atoms with van der Waals surface area (Å²) in [5.41, 5.74) is 10.6. The fourth-order valence-electron chi connectivity index (χ4n) is 4.16. The molecule has 0 radical (unpaired) electrons. The monoisotopic (exact) mass is 445 g/mol. The molecule has 168 valence electrons. The van der Waals surface area contributed by atoms with Crippen LogP contribution in [0.25, 0.3) is 28.0 Å². The molecule has 4 rings (SSSR count). The third kappa shape index (κ3) is 3.25. The van der Waals surface area contributed by atoms with Gasteiger partial charge in [0.25, 0.3) is 0 Å². The highest BCUT2D eigenvalue weighted by molar-refractivity contribution is 6.13. The second-order valence-corrected chi connectivity index (χ2v) is 7.64. The first-order chi connectivity index (χ1) is 15.7. The molecule has 0 saturated carbocycles. The van der Waals surface area contributed by atoms with Gasteiger partial charge in [0, 0.05) is 18.8 Å². The van der Waals surface area contributed by atoms with Gasteiger partial charge in [-0.05, 0) is 32.4 Å². The number of nitrogens with two attached hydrogens (primary N) is 1. The molecule has 3 aromatic heterocycles. The van der Waals surface area contributed by atoms with E-state index in [1.54, 1.807) is 31.8 Å². The van der Waals surface area contributed by atoms with E-state index in [0.29, 0.717) is 33.9 Å². The van der Waals surface area contributed by atoms with Crippen LogP contribution in [0.2, 0.25) is 0 Å². The number of nitrogen functional groups attached to an aromatic ring is 1. The molecule has 0 saturated heterocycles. The molecular formula is C23H23N7O3. The molecule has 3 heterocycles. The standard InChI is InChI=1S/C23H23N7O3/c1-11-7-8-16(32-5)12(2)20(11)30-21(25)18(23(31)33-6)17-19(26-13(3)27-22(17)30)14-10-29(4)28-15(14)9-24/h7-8,10H,25H2,1-6H3. The molecule has 0 atom stereocenters. The Labute approximate surface area is 190 Å². The van der Waals surface area contributed by atoms with Gasteiger partial charge in [0.05, 0.1) is 36.6 Å². The number of anilines is 1. The van der Waals surface area contributed by atoms with Gasteiger partial charge in [-0.1, -0.05) is 6.07 Å². The zero-order valence-corrected chi connectivity index (χ0v) is 19.2. The number of benzene rings is 1. The number of aryl methyl sites for hydroxylation is 3. The maximum atomic E-state index is 12.9. The normalized spacial score (nSPS) is 10.9. The molecule has 0 aliphatic carbocycles. The van der Waals surface area contributed by atoms with Crippen LogP contribution in [0.15, 0.2) is 18.3 Å². The van der Waals surface area contributed by atoms with Crippen molar-refractivity contribution in [1.29, 1.82) is 5.26 Å². The maximum absolute atomic E-state index is 12.9. The van der Waals surface area contributed by atoms with Crippen LogP contribution in [-0.4, -0.2) is 44.5 Å². The number of aromatic nitrogens is 5. The van der Waals surface area contributed by atoms with Crippen molar-refractivity contribution < 1.29 is 14.3 Å². The summed E-state index contributed by atoms with van der Waals surface area (Å²) >= 11 is 0. The largest absolute Gasteiger partial charge is 0.496 e. The summed E-state index contributed by atoms with van der Waals surface area (Å²) in [6.45, 7) is 5.59. The number of hydrogen-bond donors (Lipinski definition) is 1. The lowest BCUT2D eigenvalue weighted by atomic mass is 10.1. The summed E-state index contributed by atoms with van der Waals surface area (Å²) in [6, 6.07) is 5.87. The average Bonchev–Trinajstić information content (AvgIpc) is 3.30. The second kappa shape index (κ2) is 7.94. The highest BCUT2D eigenvalue weighted by atomic mass is 16.5. The lowest BCUT2D eigenvalue weighted by Gasteiger charge is -2.17. The SMILES string of the molecule is COC(=O)c1c(N)n(-c2c(C)ccc(OC)c2C)c2nc(C)nc(-c3cn(C)nc3C#N)c12. The molecule has 0 bridgehead atoms. The summed E-state index contributed by atoms with van der Waals surface area (Å²) < 4.78 is 13.8. The smallest absolute Gasteiger partial charge is 0.342 e. The highest BCUT2D eigenvalue weighted by Crippen LogP contribution is 2.40. The number of nitriles is 1. The summed E-state index contributed by atoms with van der Waals surface area (Å²) in [5, 5.41) is 14.2. The Balaban J connectivity index is 2.24. The Morgan fingerprint density at radius 3 is 2.55 bits per heavy atom. The molecule has 0 fully saturated rings. The number of esters is 1. The molecule has 0 amide bonds. The van der Waals surface area contributed by atoms with Crippen LogP contribution in [0.1, 0.15) is 33.0 Å². The van der Waals surface area contributed by atoms with E-state index in [-0.39, 0.29) is 17.1 Å². The van der Waals surface area contributed by atoms with Crippen molar-refractivity contribution >= 4 is 22.8 Å². The first-order valence-corrected chi connectivity index (χ1v) is 10.1. The molecule has 2 N–H and O–H groups in total. The molecule has 0 aliphatic rings. The van der Waals surface area contributed by atoms with E-state index < -0.39 is 5.97 Å². The highest BCUT2D eigenvalue weighted by Gasteiger charge is 2.30. The van der Waals surface area contributed by atoms with Gasteiger partial charge < -0.3 is 15.2 Å². The molecule has 33 heavy (non-hydrogen) atoms. The van der Waals surface area contributed by atoms with E-state index in [9.17, 15) is 10.1 Å². The van der Waals surface area contributed by atoms with E-state index >= 15 is 0 Å². The van der Waals surface area contributed by atoms with Crippen LogP contribution in [0, 0.1) is 32.1 Å². The Morgan fingerprint density at radius 1 is 1.18 bits per heavy atom. The van der Waals surface area contributed by atoms with Crippen molar-refractivity contribution in [1.82, 2.24) is 24.3 Å². The number of ether oxygens (including phenoxy) is 2. The molecule has 1 aromatic carbocycles. The minimum atomic E-state index is -0.634. The fraction of sp³-hybridized carbons (Fsp3) is 0.261. The number of nitrogens with zero attached hydrogens (tertiary/aromatic N) is 6. The van der Waals surface area contributed by atoms with E-state index in [2.05, 4.69) is 21.1 Å². The van der Waals surface area contributed by atoms with Crippen molar-refractivity contribution in [3.05, 3.63) is 46.5 Å². The van der Waals surface area contributed by atoms with Crippen molar-refractivity contribution in [2.24, 2.45) is 7.05 Å². The minimum Gasteiger partial charge on any atom is -0.496 e. The molecular weight excluding hydrogens is 422 g/mol. The van der Waals surface area contributed by atoms with Crippen LogP contribution >= 0.6 is 0 Å². The van der Waals surface area contributed by atoms with Crippen molar-refractivity contribution in [3.8, 4) is 28.8 Å². The van der Waals surface area contributed by atoms with Crippen molar-refractivity contribution in [3.63, 3.8) is 0 Å². The Kier molecular flexibility index (Phi) is 5.25. The third-order valence-corrected chi connectivity index (χ3v) is 5.57. The number of rotatable bonds is 4. The molecule has 10 heteroatoms. The number of hydrogen-bond acceptors (Lipinski definition) is 8. The molecule has 0 spiro atoms. The van der Waals surface area contributed by atoms with E-state index in [1.807, 2.05) is 26.0 Å². The van der Waals surface area contributed by atoms with E-state index in [4.69, 9.17) is 15.2 Å². The van der Waals surface area contributed by atoms with Crippen LogP contribution in [0.4, 0.5) is 5.82 Å². The lowest BCUT2D eigenvalue weighted by Crippen LogP contribution is -2.09. The molecule has 4 aromatic rings. The number of methoxy groups -OCH3 is 2. The van der Waals surface area contributed by atoms with Crippen LogP contribution in [-0.2, 0) is 11.8 Å². The summed E-state index contributed by atoms with van der Waals surface area (Å²) in [5.74, 6) is 0.630. The number of fused-ring (bicyclic) bond motifs is 1. The Hall–Kier alpha value is -4.39. The predicted molar refractivity (Wildman–Crippen MR) is 122 cm³/mol. The zero-order valence-electron chi connectivity index (χ0n) is 19.2. The zero-order chi connectivity index (χ0) is 24.0. The molecule has 0 aliphatic heterocycles. The van der Waals surface area contributed by atoms with Gasteiger partial charge in [0.2, 0.25) is 0 Å². The van der Waals surface area contributed by atoms with Crippen LogP contribution < -0.4 is 10.5 Å². The van der Waals surface area contributed by atoms with E-state index in [1.165, 1.54) is 11.8 Å². The van der Waals surface area contributed by atoms with Crippen molar-refractivity contribution in [2.75, 3.05) is 20.0 Å². The summed E-state index contributed by atoms with van der Waals surface area (Å²) in [6.07, 6.45) is 1.68. The van der Waals surface area contributed by atoms with Crippen LogP contribution in [0.5, 0.6) is 5.75 Å². The van der Waals surface area contributed by atoms with Gasteiger partial charge in [0.1, 0.15) is 29.0 Å². The number of carbonyl (C=O) groups excluding carboxylic acids is 1.